The van der Waals surface area contributed by atoms with Crippen LogP contribution in [0.25, 0.3) is 0 Å². The van der Waals surface area contributed by atoms with Crippen LogP contribution in [0.4, 0.5) is 4.39 Å². The first-order chi connectivity index (χ1) is 8.24. The number of nitrogens with zero attached hydrogens (tertiary/aromatic N) is 1. The Kier molecular flexibility index (Phi) is 1.97. The van der Waals surface area contributed by atoms with Crippen molar-refractivity contribution in [3.63, 3.8) is 0 Å². The Hall–Kier alpha value is -0.890. The Morgan fingerprint density at radius 3 is 3.06 bits per heavy atom. The summed E-state index contributed by atoms with van der Waals surface area (Å²) < 4.78 is 13.3. The second-order valence-corrected chi connectivity index (χ2v) is 6.02. The van der Waals surface area contributed by atoms with Gasteiger partial charge < -0.3 is 4.90 Å². The van der Waals surface area contributed by atoms with Crippen molar-refractivity contribution < 1.29 is 4.39 Å². The number of fused-ring (bicyclic) bond motifs is 6. The van der Waals surface area contributed by atoms with E-state index in [0.29, 0.717) is 5.92 Å². The molecular weight excluding hydrogens is 213 g/mol. The van der Waals surface area contributed by atoms with Gasteiger partial charge in [-0.1, -0.05) is 6.07 Å². The van der Waals surface area contributed by atoms with E-state index in [1.165, 1.54) is 30.4 Å². The van der Waals surface area contributed by atoms with Gasteiger partial charge in [-0.3, -0.25) is 0 Å². The van der Waals surface area contributed by atoms with E-state index in [-0.39, 0.29) is 5.82 Å². The quantitative estimate of drug-likeness (QED) is 0.663. The predicted octanol–water partition coefficient (Wildman–Crippen LogP) is 2.95. The first kappa shape index (κ1) is 10.1. The van der Waals surface area contributed by atoms with E-state index < -0.39 is 0 Å². The fourth-order valence-corrected chi connectivity index (χ4v) is 4.58. The van der Waals surface area contributed by atoms with E-state index in [4.69, 9.17) is 0 Å². The molecule has 90 valence electrons. The van der Waals surface area contributed by atoms with Gasteiger partial charge in [0.05, 0.1) is 0 Å². The van der Waals surface area contributed by atoms with E-state index in [1.807, 2.05) is 6.07 Å². The van der Waals surface area contributed by atoms with Crippen molar-refractivity contribution in [3.8, 4) is 0 Å². The summed E-state index contributed by atoms with van der Waals surface area (Å²) in [6.07, 6.45) is 5.10. The maximum atomic E-state index is 13.3. The molecule has 17 heavy (non-hydrogen) atoms. The molecule has 0 amide bonds. The van der Waals surface area contributed by atoms with Crippen LogP contribution in [0.15, 0.2) is 18.2 Å². The van der Waals surface area contributed by atoms with Gasteiger partial charge in [0, 0.05) is 12.1 Å². The van der Waals surface area contributed by atoms with Crippen LogP contribution in [-0.4, -0.2) is 24.0 Å². The minimum Gasteiger partial charge on any atom is -0.300 e. The van der Waals surface area contributed by atoms with Crippen molar-refractivity contribution >= 4 is 0 Å². The van der Waals surface area contributed by atoms with Crippen molar-refractivity contribution in [2.24, 2.45) is 5.92 Å². The molecule has 3 aliphatic rings. The normalized spacial score (nSPS) is 39.2. The molecule has 0 N–H and O–H groups in total. The molecule has 0 spiro atoms. The third-order valence-corrected chi connectivity index (χ3v) is 5.39. The lowest BCUT2D eigenvalue weighted by molar-refractivity contribution is 0.109. The Balaban J connectivity index is 1.76. The summed E-state index contributed by atoms with van der Waals surface area (Å²) in [4.78, 5) is 2.59. The molecule has 1 aromatic carbocycles. The van der Waals surface area contributed by atoms with Crippen molar-refractivity contribution in [2.45, 2.75) is 43.7 Å². The molecule has 2 fully saturated rings. The van der Waals surface area contributed by atoms with Gasteiger partial charge in [-0.2, -0.15) is 0 Å². The monoisotopic (exact) mass is 231 g/mol. The number of benzene rings is 1. The maximum Gasteiger partial charge on any atom is 0.123 e. The maximum absolute atomic E-state index is 13.3. The molecule has 2 heteroatoms. The predicted molar refractivity (Wildman–Crippen MR) is 65.5 cm³/mol. The number of halogens is 1. The standard InChI is InChI=1S/C15H18FN/c1-17-11-3-5-15(17)14-7-9-6-10(16)2-4-12(9)13(14)8-11/h2,4,6,11,13-15H,3,5,7-8H2,1H3. The van der Waals surface area contributed by atoms with Crippen molar-refractivity contribution in [3.05, 3.63) is 35.1 Å². The Morgan fingerprint density at radius 1 is 1.29 bits per heavy atom. The van der Waals surface area contributed by atoms with Crippen LogP contribution in [-0.2, 0) is 6.42 Å². The molecule has 4 unspecified atom stereocenters. The lowest BCUT2D eigenvalue weighted by Gasteiger charge is -2.40. The lowest BCUT2D eigenvalue weighted by Crippen LogP contribution is -2.44. The molecule has 1 aliphatic carbocycles. The van der Waals surface area contributed by atoms with Gasteiger partial charge in [-0.05, 0) is 67.8 Å². The number of hydrogen-bond acceptors (Lipinski definition) is 1. The zero-order valence-electron chi connectivity index (χ0n) is 10.2. The van der Waals surface area contributed by atoms with Crippen LogP contribution in [0.3, 0.4) is 0 Å². The summed E-state index contributed by atoms with van der Waals surface area (Å²) in [6, 6.07) is 6.97. The third-order valence-electron chi connectivity index (χ3n) is 5.39. The molecule has 2 saturated heterocycles. The molecule has 2 bridgehead atoms. The number of rotatable bonds is 0. The van der Waals surface area contributed by atoms with Crippen molar-refractivity contribution in [1.29, 1.82) is 0 Å². The van der Waals surface area contributed by atoms with Crippen LogP contribution in [0.5, 0.6) is 0 Å². The molecule has 0 saturated carbocycles. The van der Waals surface area contributed by atoms with Crippen LogP contribution >= 0.6 is 0 Å². The van der Waals surface area contributed by atoms with E-state index in [0.717, 1.165) is 24.4 Å². The minimum absolute atomic E-state index is 0.0686. The topological polar surface area (TPSA) is 3.24 Å². The van der Waals surface area contributed by atoms with Crippen molar-refractivity contribution in [2.75, 3.05) is 7.05 Å². The van der Waals surface area contributed by atoms with Crippen molar-refractivity contribution in [1.82, 2.24) is 4.90 Å². The molecule has 1 nitrogen and oxygen atoms in total. The minimum atomic E-state index is -0.0686. The molecular formula is C15H18FN. The average Bonchev–Trinajstić information content (AvgIpc) is 2.76. The fourth-order valence-electron chi connectivity index (χ4n) is 4.58. The molecule has 1 aromatic rings. The average molecular weight is 231 g/mol. The first-order valence-electron chi connectivity index (χ1n) is 6.74. The highest BCUT2D eigenvalue weighted by Crippen LogP contribution is 2.52. The van der Waals surface area contributed by atoms with Gasteiger partial charge in [-0.25, -0.2) is 4.39 Å². The van der Waals surface area contributed by atoms with Gasteiger partial charge >= 0.3 is 0 Å². The second-order valence-electron chi connectivity index (χ2n) is 6.02. The summed E-state index contributed by atoms with van der Waals surface area (Å²) >= 11 is 0. The SMILES string of the molecule is CN1C2CCC1C1Cc3cc(F)ccc3C1C2. The van der Waals surface area contributed by atoms with Gasteiger partial charge in [0.1, 0.15) is 5.82 Å². The number of hydrogen-bond donors (Lipinski definition) is 0. The first-order valence-corrected chi connectivity index (χ1v) is 6.74. The fraction of sp³-hybridized carbons (Fsp3) is 0.600. The largest absolute Gasteiger partial charge is 0.300 e. The highest BCUT2D eigenvalue weighted by molar-refractivity contribution is 5.38. The van der Waals surface area contributed by atoms with Gasteiger partial charge in [0.25, 0.3) is 0 Å². The molecule has 0 radical (unpaired) electrons. The van der Waals surface area contributed by atoms with Crippen LogP contribution in [0, 0.1) is 11.7 Å². The van der Waals surface area contributed by atoms with E-state index in [2.05, 4.69) is 11.9 Å². The highest BCUT2D eigenvalue weighted by Gasteiger charge is 2.48. The summed E-state index contributed by atoms with van der Waals surface area (Å²) in [5.74, 6) is 1.38. The lowest BCUT2D eigenvalue weighted by atomic mass is 9.81. The Bertz CT molecular complexity index is 470. The Labute approximate surface area is 102 Å². The van der Waals surface area contributed by atoms with Gasteiger partial charge in [0.15, 0.2) is 0 Å². The third kappa shape index (κ3) is 1.28. The summed E-state index contributed by atoms with van der Waals surface area (Å²) in [7, 11) is 2.28. The van der Waals surface area contributed by atoms with Crippen LogP contribution in [0.2, 0.25) is 0 Å². The molecule has 0 aromatic heterocycles. The highest BCUT2D eigenvalue weighted by atomic mass is 19.1. The van der Waals surface area contributed by atoms with Crippen LogP contribution in [0.1, 0.15) is 36.3 Å². The van der Waals surface area contributed by atoms with Gasteiger partial charge in [-0.15, -0.1) is 0 Å². The summed E-state index contributed by atoms with van der Waals surface area (Å²) in [5.41, 5.74) is 2.72. The van der Waals surface area contributed by atoms with E-state index >= 15 is 0 Å². The molecule has 4 atom stereocenters. The molecule has 2 aliphatic heterocycles. The second kappa shape index (κ2) is 3.32. The molecule has 4 rings (SSSR count). The summed E-state index contributed by atoms with van der Waals surface area (Å²) in [6.45, 7) is 0. The zero-order chi connectivity index (χ0) is 11.6. The number of piperidine rings is 1. The zero-order valence-corrected chi connectivity index (χ0v) is 10.2. The molecule has 2 heterocycles. The van der Waals surface area contributed by atoms with E-state index in [9.17, 15) is 4.39 Å². The smallest absolute Gasteiger partial charge is 0.123 e. The van der Waals surface area contributed by atoms with Gasteiger partial charge in [0.2, 0.25) is 0 Å². The van der Waals surface area contributed by atoms with Crippen LogP contribution < -0.4 is 0 Å². The summed E-state index contributed by atoms with van der Waals surface area (Å²) in [5, 5.41) is 0. The Morgan fingerprint density at radius 2 is 2.18 bits per heavy atom. The van der Waals surface area contributed by atoms with E-state index in [1.54, 1.807) is 12.1 Å².